The van der Waals surface area contributed by atoms with Gasteiger partial charge in [-0.3, -0.25) is 4.79 Å². The molecule has 2 saturated heterocycles. The highest BCUT2D eigenvalue weighted by molar-refractivity contribution is 5.76. The first-order chi connectivity index (χ1) is 39.6. The molecular formula is C67H115NO13. The Morgan fingerprint density at radius 1 is 0.457 bits per heavy atom. The summed E-state index contributed by atoms with van der Waals surface area (Å²) in [7, 11) is 0. The lowest BCUT2D eigenvalue weighted by atomic mass is 9.97. The number of rotatable bonds is 50. The second-order valence-corrected chi connectivity index (χ2v) is 22.1. The van der Waals surface area contributed by atoms with Crippen molar-refractivity contribution in [3.63, 3.8) is 0 Å². The molecule has 0 aliphatic carbocycles. The van der Waals surface area contributed by atoms with Crippen molar-refractivity contribution in [2.24, 2.45) is 0 Å². The molecule has 0 aromatic carbocycles. The quantitative estimate of drug-likeness (QED) is 0.0204. The van der Waals surface area contributed by atoms with Crippen molar-refractivity contribution < 1.29 is 64.6 Å². The molecule has 0 aromatic rings. The van der Waals surface area contributed by atoms with Crippen molar-refractivity contribution in [1.82, 2.24) is 5.32 Å². The molecule has 1 amide bonds. The van der Waals surface area contributed by atoms with Gasteiger partial charge in [-0.2, -0.15) is 0 Å². The fourth-order valence-corrected chi connectivity index (χ4v) is 9.90. The molecule has 2 aliphatic rings. The van der Waals surface area contributed by atoms with Crippen LogP contribution in [-0.4, -0.2) is 140 Å². The summed E-state index contributed by atoms with van der Waals surface area (Å²) in [5.74, 6) is -0.261. The number of hydrogen-bond acceptors (Lipinski definition) is 13. The van der Waals surface area contributed by atoms with Gasteiger partial charge in [-0.05, 0) is 83.5 Å². The van der Waals surface area contributed by atoms with E-state index in [9.17, 15) is 45.6 Å². The molecule has 9 N–H and O–H groups in total. The number of unbranched alkanes of at least 4 members (excludes halogenated alkanes) is 23. The first kappa shape index (κ1) is 74.0. The maximum Gasteiger partial charge on any atom is 0.220 e. The number of carbonyl (C=O) groups is 1. The van der Waals surface area contributed by atoms with Crippen LogP contribution in [0.1, 0.15) is 226 Å². The van der Waals surface area contributed by atoms with Crippen LogP contribution >= 0.6 is 0 Å². The van der Waals surface area contributed by atoms with Gasteiger partial charge in [0.1, 0.15) is 48.8 Å². The van der Waals surface area contributed by atoms with Gasteiger partial charge in [-0.15, -0.1) is 0 Å². The molecule has 14 heteroatoms. The topological polar surface area (TPSA) is 228 Å². The maximum absolute atomic E-state index is 13.3. The van der Waals surface area contributed by atoms with Crippen molar-refractivity contribution >= 4 is 5.91 Å². The molecule has 12 unspecified atom stereocenters. The average Bonchev–Trinajstić information content (AvgIpc) is 3.62. The molecule has 0 radical (unpaired) electrons. The van der Waals surface area contributed by atoms with E-state index < -0.39 is 86.8 Å². The molecule has 2 heterocycles. The summed E-state index contributed by atoms with van der Waals surface area (Å²) in [6.07, 6.45) is 54.4. The number of nitrogens with one attached hydrogen (secondary N) is 1. The van der Waals surface area contributed by atoms with Gasteiger partial charge in [0, 0.05) is 6.42 Å². The zero-order valence-corrected chi connectivity index (χ0v) is 50.2. The minimum absolute atomic E-state index is 0.258. The van der Waals surface area contributed by atoms with E-state index >= 15 is 0 Å². The first-order valence-electron chi connectivity index (χ1n) is 32.0. The molecular weight excluding hydrogens is 1030 g/mol. The SMILES string of the molecule is CC/C=C\C/C=C\C/C=C\C/C=C\C/C=C\C/C=C\CCCCCCCCCCC(=O)NC(COC1OC(CO)C(OC2OC(CO)C(O)C(O)C2O)C(O)C1O)C(O)/C=C/CC/C=C/CCCCCCCCCCCCCCCC. The fraction of sp³-hybridized carbons (Fsp3) is 0.746. The van der Waals surface area contributed by atoms with E-state index in [0.29, 0.717) is 12.8 Å². The minimum Gasteiger partial charge on any atom is -0.394 e. The lowest BCUT2D eigenvalue weighted by molar-refractivity contribution is -0.359. The third kappa shape index (κ3) is 36.4. The normalized spacial score (nSPS) is 24.8. The van der Waals surface area contributed by atoms with E-state index in [4.69, 9.17) is 18.9 Å². The minimum atomic E-state index is -1.80. The predicted molar refractivity (Wildman–Crippen MR) is 327 cm³/mol. The zero-order valence-electron chi connectivity index (χ0n) is 50.2. The molecule has 0 spiro atoms. The van der Waals surface area contributed by atoms with Crippen molar-refractivity contribution in [2.45, 2.75) is 299 Å². The Morgan fingerprint density at radius 3 is 1.36 bits per heavy atom. The summed E-state index contributed by atoms with van der Waals surface area (Å²) in [5.41, 5.74) is 0. The highest BCUT2D eigenvalue weighted by Crippen LogP contribution is 2.30. The Hall–Kier alpha value is -3.09. The Bertz CT molecular complexity index is 1730. The summed E-state index contributed by atoms with van der Waals surface area (Å²) in [5, 5.41) is 87.2. The highest BCUT2D eigenvalue weighted by atomic mass is 16.7. The lowest BCUT2D eigenvalue weighted by Gasteiger charge is -2.46. The van der Waals surface area contributed by atoms with E-state index in [2.05, 4.69) is 104 Å². The van der Waals surface area contributed by atoms with Crippen LogP contribution in [0.3, 0.4) is 0 Å². The van der Waals surface area contributed by atoms with E-state index in [0.717, 1.165) is 83.5 Å². The summed E-state index contributed by atoms with van der Waals surface area (Å²) in [6, 6.07) is -0.943. The number of carbonyl (C=O) groups excluding carboxylic acids is 1. The standard InChI is InChI=1S/C67H115NO13/c1-3-5-7-9-11-13-15-17-19-21-23-25-26-27-28-29-30-31-33-35-37-39-41-43-45-47-49-51-59(72)68-55(56(71)50-48-46-44-42-40-38-36-34-32-24-22-20-18-16-14-12-10-8-6-4-2)54-78-66-64(77)62(75)65(58(53-70)80-66)81-67-63(76)61(74)60(73)57(52-69)79-67/h5,7,11,13,17,19,23,25,27-28,30-31,40,42,48,50,55-58,60-67,69-71,73-77H,3-4,6,8-10,12,14-16,18,20-22,24,26,29,32-39,41,43-47,49,51-54H2,1-2H3,(H,68,72)/b7-5-,13-11-,19-17-,25-23-,28-27-,31-30-,42-40+,50-48+. The monoisotopic (exact) mass is 1140 g/mol. The zero-order chi connectivity index (χ0) is 58.8. The number of allylic oxidation sites excluding steroid dienone is 15. The summed E-state index contributed by atoms with van der Waals surface area (Å²) < 4.78 is 22.8. The van der Waals surface area contributed by atoms with Crippen LogP contribution in [0.25, 0.3) is 0 Å². The second kappa shape index (κ2) is 51.3. The van der Waals surface area contributed by atoms with E-state index in [-0.39, 0.29) is 18.9 Å². The van der Waals surface area contributed by atoms with Gasteiger partial charge in [0.05, 0.1) is 32.0 Å². The molecule has 0 saturated carbocycles. The smallest absolute Gasteiger partial charge is 0.220 e. The highest BCUT2D eigenvalue weighted by Gasteiger charge is 2.51. The third-order valence-corrected chi connectivity index (χ3v) is 15.0. The number of ether oxygens (including phenoxy) is 4. The lowest BCUT2D eigenvalue weighted by Crippen LogP contribution is -2.65. The largest absolute Gasteiger partial charge is 0.394 e. The van der Waals surface area contributed by atoms with Crippen LogP contribution in [0, 0.1) is 0 Å². The molecule has 14 nitrogen and oxygen atoms in total. The van der Waals surface area contributed by atoms with Crippen molar-refractivity contribution in [3.05, 3.63) is 97.2 Å². The van der Waals surface area contributed by atoms with Gasteiger partial charge in [0.15, 0.2) is 12.6 Å². The van der Waals surface area contributed by atoms with Gasteiger partial charge in [-0.1, -0.05) is 233 Å². The van der Waals surface area contributed by atoms with Gasteiger partial charge in [0.2, 0.25) is 5.91 Å². The summed E-state index contributed by atoms with van der Waals surface area (Å²) in [6.45, 7) is 2.66. The van der Waals surface area contributed by atoms with Gasteiger partial charge >= 0.3 is 0 Å². The Morgan fingerprint density at radius 2 is 0.864 bits per heavy atom. The van der Waals surface area contributed by atoms with Gasteiger partial charge in [-0.25, -0.2) is 0 Å². The van der Waals surface area contributed by atoms with Crippen LogP contribution in [0.5, 0.6) is 0 Å². The van der Waals surface area contributed by atoms with Gasteiger partial charge in [0.25, 0.3) is 0 Å². The van der Waals surface area contributed by atoms with Crippen molar-refractivity contribution in [2.75, 3.05) is 19.8 Å². The van der Waals surface area contributed by atoms with Crippen molar-refractivity contribution in [3.8, 4) is 0 Å². The number of amides is 1. The Balaban J connectivity index is 1.75. The van der Waals surface area contributed by atoms with Crippen LogP contribution in [-0.2, 0) is 23.7 Å². The molecule has 2 aliphatic heterocycles. The molecule has 466 valence electrons. The molecule has 81 heavy (non-hydrogen) atoms. The van der Waals surface area contributed by atoms with E-state index in [1.165, 1.54) is 109 Å². The van der Waals surface area contributed by atoms with Crippen LogP contribution < -0.4 is 5.32 Å². The van der Waals surface area contributed by atoms with Gasteiger partial charge < -0.3 is 65.1 Å². The van der Waals surface area contributed by atoms with Crippen LogP contribution in [0.4, 0.5) is 0 Å². The fourth-order valence-electron chi connectivity index (χ4n) is 9.90. The Labute approximate surface area is 490 Å². The molecule has 0 bridgehead atoms. The van der Waals surface area contributed by atoms with Crippen molar-refractivity contribution in [1.29, 1.82) is 0 Å². The summed E-state index contributed by atoms with van der Waals surface area (Å²) in [4.78, 5) is 13.3. The maximum atomic E-state index is 13.3. The van der Waals surface area contributed by atoms with E-state index in [1.807, 2.05) is 6.08 Å². The first-order valence-corrected chi connectivity index (χ1v) is 32.0. The van der Waals surface area contributed by atoms with E-state index in [1.54, 1.807) is 6.08 Å². The number of hydrogen-bond donors (Lipinski definition) is 9. The molecule has 12 atom stereocenters. The molecule has 2 fully saturated rings. The van der Waals surface area contributed by atoms with Crippen LogP contribution in [0.2, 0.25) is 0 Å². The third-order valence-electron chi connectivity index (χ3n) is 15.0. The Kier molecular flexibility index (Phi) is 46.9. The predicted octanol–water partition coefficient (Wildman–Crippen LogP) is 11.8. The van der Waals surface area contributed by atoms with Crippen LogP contribution in [0.15, 0.2) is 97.2 Å². The molecule has 0 aromatic heterocycles. The number of aliphatic hydroxyl groups is 8. The number of aliphatic hydroxyl groups excluding tert-OH is 8. The average molecular weight is 1140 g/mol. The molecule has 2 rings (SSSR count). The second-order valence-electron chi connectivity index (χ2n) is 22.1. The summed E-state index contributed by atoms with van der Waals surface area (Å²) >= 11 is 0.